The van der Waals surface area contributed by atoms with Crippen LogP contribution in [-0.4, -0.2) is 33.1 Å². The highest BCUT2D eigenvalue weighted by molar-refractivity contribution is 8.16. The largest absolute Gasteiger partial charge is 0.481 e. The summed E-state index contributed by atoms with van der Waals surface area (Å²) in [6, 6.07) is 9.29. The summed E-state index contributed by atoms with van der Waals surface area (Å²) >= 11 is 1.21. The maximum atomic E-state index is 12.9. The van der Waals surface area contributed by atoms with Crippen LogP contribution < -0.4 is 4.90 Å². The van der Waals surface area contributed by atoms with Crippen molar-refractivity contribution in [2.45, 2.75) is 57.1 Å². The van der Waals surface area contributed by atoms with E-state index in [0.717, 1.165) is 23.5 Å². The van der Waals surface area contributed by atoms with Crippen LogP contribution in [0.4, 0.5) is 5.69 Å². The van der Waals surface area contributed by atoms with E-state index in [1.807, 2.05) is 30.3 Å². The van der Waals surface area contributed by atoms with Crippen molar-refractivity contribution >= 4 is 40.2 Å². The Morgan fingerprint density at radius 1 is 1.13 bits per heavy atom. The van der Waals surface area contributed by atoms with Crippen molar-refractivity contribution in [1.82, 2.24) is 0 Å². The molecule has 4 bridgehead atoms. The third-order valence-electron chi connectivity index (χ3n) is 7.40. The smallest absolute Gasteiger partial charge is 0.305 e. The van der Waals surface area contributed by atoms with Gasteiger partial charge in [-0.15, -0.1) is 5.10 Å². The maximum Gasteiger partial charge on any atom is 0.305 e. The Morgan fingerprint density at radius 3 is 2.30 bits per heavy atom. The van der Waals surface area contributed by atoms with Crippen LogP contribution in [0.2, 0.25) is 0 Å². The molecule has 1 amide bonds. The number of carboxylic acid groups (broad SMARTS) is 1. The van der Waals surface area contributed by atoms with E-state index in [1.165, 1.54) is 55.2 Å². The van der Waals surface area contributed by atoms with Gasteiger partial charge in [-0.05, 0) is 75.3 Å². The summed E-state index contributed by atoms with van der Waals surface area (Å²) in [5.74, 6) is 1.27. The van der Waals surface area contributed by atoms with Gasteiger partial charge in [0.2, 0.25) is 5.91 Å². The van der Waals surface area contributed by atoms with Gasteiger partial charge in [0.05, 0.1) is 12.1 Å². The average Bonchev–Trinajstić information content (AvgIpc) is 3.00. The van der Waals surface area contributed by atoms with Crippen LogP contribution in [0.1, 0.15) is 51.9 Å². The van der Waals surface area contributed by atoms with E-state index in [1.54, 1.807) is 0 Å². The fraction of sp³-hybridized carbons (Fsp3) is 0.565. The molecule has 1 aliphatic heterocycles. The van der Waals surface area contributed by atoms with E-state index in [0.29, 0.717) is 10.9 Å². The van der Waals surface area contributed by atoms with Crippen LogP contribution in [0, 0.1) is 23.2 Å². The van der Waals surface area contributed by atoms with Gasteiger partial charge in [-0.25, -0.2) is 0 Å². The second-order valence-corrected chi connectivity index (χ2v) is 10.6. The molecule has 30 heavy (non-hydrogen) atoms. The van der Waals surface area contributed by atoms with E-state index in [-0.39, 0.29) is 17.7 Å². The molecule has 1 saturated heterocycles. The van der Waals surface area contributed by atoms with Gasteiger partial charge in [0, 0.05) is 11.1 Å². The molecule has 0 radical (unpaired) electrons. The zero-order valence-corrected chi connectivity index (χ0v) is 18.0. The number of thioether (sulfide) groups is 1. The van der Waals surface area contributed by atoms with E-state index in [2.05, 4.69) is 17.1 Å². The molecule has 5 fully saturated rings. The number of benzene rings is 1. The molecule has 4 saturated carbocycles. The molecule has 1 atom stereocenters. The topological polar surface area (TPSA) is 82.3 Å². The summed E-state index contributed by atoms with van der Waals surface area (Å²) in [5.41, 5.74) is 1.95. The van der Waals surface area contributed by atoms with Gasteiger partial charge in [0.15, 0.2) is 5.17 Å². The van der Waals surface area contributed by atoms with Crippen molar-refractivity contribution < 1.29 is 14.7 Å². The molecule has 0 spiro atoms. The quantitative estimate of drug-likeness (QED) is 0.554. The summed E-state index contributed by atoms with van der Waals surface area (Å²) in [6.07, 6.45) is 7.57. The van der Waals surface area contributed by atoms with Crippen LogP contribution in [-0.2, 0) is 9.59 Å². The monoisotopic (exact) mass is 425 g/mol. The number of carbonyl (C=O) groups is 2. The summed E-state index contributed by atoms with van der Waals surface area (Å²) in [5, 5.41) is 18.2. The zero-order chi connectivity index (χ0) is 20.9. The number of rotatable bonds is 5. The Labute approximate surface area is 180 Å². The van der Waals surface area contributed by atoms with Crippen LogP contribution in [0.25, 0.3) is 0 Å². The first-order valence-corrected chi connectivity index (χ1v) is 11.7. The minimum absolute atomic E-state index is 0.171. The number of hydrogen-bond donors (Lipinski definition) is 1. The molecule has 4 aliphatic carbocycles. The first-order valence-electron chi connectivity index (χ1n) is 10.8. The fourth-order valence-corrected chi connectivity index (χ4v) is 7.49. The number of amides is 1. The van der Waals surface area contributed by atoms with E-state index in [4.69, 9.17) is 0 Å². The molecule has 158 valence electrons. The molecular weight excluding hydrogens is 398 g/mol. The normalized spacial score (nSPS) is 36.7. The summed E-state index contributed by atoms with van der Waals surface area (Å²) < 4.78 is 0. The highest BCUT2D eigenvalue weighted by Gasteiger charge is 2.52. The molecule has 0 unspecified atom stereocenters. The molecule has 6 rings (SSSR count). The molecule has 6 nitrogen and oxygen atoms in total. The fourth-order valence-electron chi connectivity index (χ4n) is 6.42. The number of anilines is 1. The number of nitrogens with zero attached hydrogens (tertiary/aromatic N) is 3. The van der Waals surface area contributed by atoms with Crippen molar-refractivity contribution in [1.29, 1.82) is 0 Å². The van der Waals surface area contributed by atoms with Gasteiger partial charge in [-0.3, -0.25) is 14.5 Å². The third-order valence-corrected chi connectivity index (χ3v) is 8.53. The minimum Gasteiger partial charge on any atom is -0.481 e. The van der Waals surface area contributed by atoms with Gasteiger partial charge >= 0.3 is 5.97 Å². The van der Waals surface area contributed by atoms with E-state index in [9.17, 15) is 14.7 Å². The van der Waals surface area contributed by atoms with Gasteiger partial charge in [0.1, 0.15) is 5.25 Å². The summed E-state index contributed by atoms with van der Waals surface area (Å²) in [7, 11) is 0. The Hall–Kier alpha value is -2.15. The van der Waals surface area contributed by atoms with Crippen molar-refractivity contribution in [3.63, 3.8) is 0 Å². The summed E-state index contributed by atoms with van der Waals surface area (Å²) in [6.45, 7) is 2.10. The van der Waals surface area contributed by atoms with Gasteiger partial charge < -0.3 is 5.11 Å². The number of amidine groups is 1. The van der Waals surface area contributed by atoms with E-state index < -0.39 is 11.2 Å². The molecular formula is C23H27N3O3S. The highest BCUT2D eigenvalue weighted by atomic mass is 32.2. The van der Waals surface area contributed by atoms with Crippen molar-refractivity contribution in [3.8, 4) is 0 Å². The Morgan fingerprint density at radius 2 is 1.73 bits per heavy atom. The number of aliphatic carboxylic acids is 1. The number of carbonyl (C=O) groups excluding carboxylic acids is 1. The molecule has 1 aromatic rings. The van der Waals surface area contributed by atoms with Gasteiger partial charge in [-0.1, -0.05) is 30.0 Å². The molecule has 5 aliphatic rings. The first-order chi connectivity index (χ1) is 14.4. The molecule has 1 N–H and O–H groups in total. The van der Waals surface area contributed by atoms with E-state index >= 15 is 0 Å². The van der Waals surface area contributed by atoms with Crippen molar-refractivity contribution in [2.75, 3.05) is 4.90 Å². The number of carboxylic acids is 1. The predicted molar refractivity (Wildman–Crippen MR) is 119 cm³/mol. The third kappa shape index (κ3) is 3.47. The van der Waals surface area contributed by atoms with Gasteiger partial charge in [-0.2, -0.15) is 5.10 Å². The van der Waals surface area contributed by atoms with Crippen LogP contribution in [0.15, 0.2) is 40.5 Å². The van der Waals surface area contributed by atoms with Gasteiger partial charge in [0.25, 0.3) is 0 Å². The minimum atomic E-state index is -0.983. The maximum absolute atomic E-state index is 12.9. The summed E-state index contributed by atoms with van der Waals surface area (Å²) in [4.78, 5) is 25.7. The Bertz CT molecular complexity index is 892. The predicted octanol–water partition coefficient (Wildman–Crippen LogP) is 4.56. The Balaban J connectivity index is 1.45. The average molecular weight is 426 g/mol. The Kier molecular flexibility index (Phi) is 4.96. The SMILES string of the molecule is C/C(=N/N=C1\S[C@H](CC(=O)O)C(=O)N1c1ccccc1)C12CC3CC(CC(C3)C1)C2. The second-order valence-electron chi connectivity index (χ2n) is 9.48. The molecule has 0 aromatic heterocycles. The lowest BCUT2D eigenvalue weighted by atomic mass is 9.48. The van der Waals surface area contributed by atoms with Crippen molar-refractivity contribution in [2.24, 2.45) is 33.4 Å². The van der Waals surface area contributed by atoms with Crippen LogP contribution in [0.3, 0.4) is 0 Å². The lowest BCUT2D eigenvalue weighted by Crippen LogP contribution is -2.49. The lowest BCUT2D eigenvalue weighted by Gasteiger charge is -2.56. The lowest BCUT2D eigenvalue weighted by molar-refractivity contribution is -0.138. The molecule has 1 aromatic carbocycles. The number of para-hydroxylation sites is 1. The van der Waals surface area contributed by atoms with Crippen LogP contribution in [0.5, 0.6) is 0 Å². The zero-order valence-electron chi connectivity index (χ0n) is 17.2. The second kappa shape index (κ2) is 7.52. The van der Waals surface area contributed by atoms with Crippen LogP contribution >= 0.6 is 11.8 Å². The highest BCUT2D eigenvalue weighted by Crippen LogP contribution is 2.60. The standard InChI is InChI=1S/C23H27N3O3S/c1-14(23-11-15-7-16(12-23)9-17(8-15)13-23)24-25-22-26(18-5-3-2-4-6-18)21(29)19(30-22)10-20(27)28/h2-6,15-17,19H,7-13H2,1H3,(H,27,28)/b24-14-,25-22-/t15?,16?,17?,19-,23?/m1/s1. The molecule has 1 heterocycles. The van der Waals surface area contributed by atoms with Crippen molar-refractivity contribution in [3.05, 3.63) is 30.3 Å². The number of hydrogen-bond acceptors (Lipinski definition) is 5. The molecule has 7 heteroatoms. The first kappa shape index (κ1) is 19.8.